The molecule has 0 fully saturated rings. The molecule has 0 aliphatic rings. The number of nitro groups is 1. The quantitative estimate of drug-likeness (QED) is 0.475. The molecule has 7 heteroatoms. The number of nitrogens with zero attached hydrogens (tertiary/aromatic N) is 1. The highest BCUT2D eigenvalue weighted by atomic mass is 79.9. The molecule has 1 aromatic carbocycles. The second-order valence-electron chi connectivity index (χ2n) is 5.63. The highest BCUT2D eigenvalue weighted by Gasteiger charge is 2.19. The van der Waals surface area contributed by atoms with E-state index in [0.29, 0.717) is 12.1 Å². The SMILES string of the molecule is C=C(CNC(C)(C)C)COc1cc(F)c(Br)cc1[N+](=O)[O-]. The van der Waals surface area contributed by atoms with Gasteiger partial charge in [-0.2, -0.15) is 0 Å². The van der Waals surface area contributed by atoms with Crippen molar-refractivity contribution in [1.29, 1.82) is 0 Å². The van der Waals surface area contributed by atoms with Gasteiger partial charge in [0.25, 0.3) is 0 Å². The summed E-state index contributed by atoms with van der Waals surface area (Å²) in [4.78, 5) is 10.3. The van der Waals surface area contributed by atoms with Gasteiger partial charge in [-0.15, -0.1) is 0 Å². The second kappa shape index (κ2) is 7.00. The molecule has 1 aromatic rings. The first kappa shape index (κ1) is 17.6. The number of hydrogen-bond acceptors (Lipinski definition) is 4. The van der Waals surface area contributed by atoms with E-state index < -0.39 is 10.7 Å². The normalized spacial score (nSPS) is 11.3. The molecular weight excluding hydrogens is 343 g/mol. The van der Waals surface area contributed by atoms with Gasteiger partial charge in [0.2, 0.25) is 0 Å². The summed E-state index contributed by atoms with van der Waals surface area (Å²) in [5, 5.41) is 14.2. The van der Waals surface area contributed by atoms with Crippen LogP contribution in [-0.4, -0.2) is 23.6 Å². The van der Waals surface area contributed by atoms with E-state index >= 15 is 0 Å². The maximum absolute atomic E-state index is 13.5. The van der Waals surface area contributed by atoms with Crippen molar-refractivity contribution in [3.63, 3.8) is 0 Å². The van der Waals surface area contributed by atoms with Crippen LogP contribution in [0.2, 0.25) is 0 Å². The van der Waals surface area contributed by atoms with Crippen molar-refractivity contribution in [2.24, 2.45) is 0 Å². The zero-order valence-electron chi connectivity index (χ0n) is 12.2. The molecular formula is C14H18BrFN2O3. The van der Waals surface area contributed by atoms with Crippen LogP contribution in [0.3, 0.4) is 0 Å². The summed E-state index contributed by atoms with van der Waals surface area (Å²) in [7, 11) is 0. The van der Waals surface area contributed by atoms with Crippen LogP contribution in [0, 0.1) is 15.9 Å². The minimum absolute atomic E-state index is 0.0229. The fourth-order valence-corrected chi connectivity index (χ4v) is 1.73. The maximum atomic E-state index is 13.5. The molecule has 116 valence electrons. The van der Waals surface area contributed by atoms with Gasteiger partial charge in [-0.3, -0.25) is 10.1 Å². The van der Waals surface area contributed by atoms with Gasteiger partial charge in [-0.1, -0.05) is 6.58 Å². The zero-order valence-corrected chi connectivity index (χ0v) is 13.8. The summed E-state index contributed by atoms with van der Waals surface area (Å²) in [5.74, 6) is -0.730. The molecule has 5 nitrogen and oxygen atoms in total. The Morgan fingerprint density at radius 3 is 2.67 bits per heavy atom. The Morgan fingerprint density at radius 1 is 1.52 bits per heavy atom. The third-order valence-corrected chi connectivity index (χ3v) is 3.11. The molecule has 0 unspecified atom stereocenters. The van der Waals surface area contributed by atoms with Crippen LogP contribution in [0.15, 0.2) is 28.8 Å². The largest absolute Gasteiger partial charge is 0.482 e. The summed E-state index contributed by atoms with van der Waals surface area (Å²) in [6.07, 6.45) is 0. The first-order valence-corrected chi connectivity index (χ1v) is 7.07. The Balaban J connectivity index is 2.73. The van der Waals surface area contributed by atoms with Crippen molar-refractivity contribution in [3.05, 3.63) is 44.7 Å². The molecule has 0 saturated heterocycles. The van der Waals surface area contributed by atoms with Crippen molar-refractivity contribution in [1.82, 2.24) is 5.32 Å². The number of ether oxygens (including phenoxy) is 1. The molecule has 0 aliphatic heterocycles. The Labute approximate surface area is 131 Å². The van der Waals surface area contributed by atoms with E-state index in [0.717, 1.165) is 12.1 Å². The molecule has 21 heavy (non-hydrogen) atoms. The maximum Gasteiger partial charge on any atom is 0.312 e. The molecule has 1 N–H and O–H groups in total. The van der Waals surface area contributed by atoms with Crippen molar-refractivity contribution in [2.45, 2.75) is 26.3 Å². The van der Waals surface area contributed by atoms with Gasteiger partial charge in [0.05, 0.1) is 9.40 Å². The first-order chi connectivity index (χ1) is 9.60. The van der Waals surface area contributed by atoms with Crippen LogP contribution in [0.25, 0.3) is 0 Å². The standard InChI is InChI=1S/C14H18BrFN2O3/c1-9(7-17-14(2,3)4)8-21-13-6-11(16)10(15)5-12(13)18(19)20/h5-6,17H,1,7-8H2,2-4H3. The molecule has 0 amide bonds. The van der Waals surface area contributed by atoms with Crippen LogP contribution in [0.4, 0.5) is 10.1 Å². The van der Waals surface area contributed by atoms with E-state index in [2.05, 4.69) is 27.8 Å². The zero-order chi connectivity index (χ0) is 16.2. The van der Waals surface area contributed by atoms with Crippen LogP contribution < -0.4 is 10.1 Å². The fraction of sp³-hybridized carbons (Fsp3) is 0.429. The predicted molar refractivity (Wildman–Crippen MR) is 83.1 cm³/mol. The third kappa shape index (κ3) is 5.81. The molecule has 0 atom stereocenters. The summed E-state index contributed by atoms with van der Waals surface area (Å²) in [5.41, 5.74) is 0.348. The van der Waals surface area contributed by atoms with Gasteiger partial charge >= 0.3 is 5.69 Å². The molecule has 0 heterocycles. The highest BCUT2D eigenvalue weighted by Crippen LogP contribution is 2.32. The Hall–Kier alpha value is -1.47. The van der Waals surface area contributed by atoms with E-state index in [1.54, 1.807) is 0 Å². The van der Waals surface area contributed by atoms with Crippen LogP contribution in [-0.2, 0) is 0 Å². The topological polar surface area (TPSA) is 64.4 Å². The van der Waals surface area contributed by atoms with Gasteiger partial charge in [-0.05, 0) is 42.3 Å². The number of benzene rings is 1. The Bertz CT molecular complexity index is 556. The van der Waals surface area contributed by atoms with Crippen LogP contribution >= 0.6 is 15.9 Å². The lowest BCUT2D eigenvalue weighted by molar-refractivity contribution is -0.386. The lowest BCUT2D eigenvalue weighted by atomic mass is 10.1. The third-order valence-electron chi connectivity index (χ3n) is 2.50. The number of hydrogen-bond donors (Lipinski definition) is 1. The summed E-state index contributed by atoms with van der Waals surface area (Å²) in [6, 6.07) is 2.08. The summed E-state index contributed by atoms with van der Waals surface area (Å²) < 4.78 is 18.8. The summed E-state index contributed by atoms with van der Waals surface area (Å²) >= 11 is 2.91. The Kier molecular flexibility index (Phi) is 5.86. The minimum Gasteiger partial charge on any atom is -0.482 e. The average molecular weight is 361 g/mol. The van der Waals surface area contributed by atoms with Crippen molar-refractivity contribution in [2.75, 3.05) is 13.2 Å². The molecule has 0 aromatic heterocycles. The van der Waals surface area contributed by atoms with Crippen molar-refractivity contribution >= 4 is 21.6 Å². The molecule has 1 rings (SSSR count). The van der Waals surface area contributed by atoms with E-state index in [-0.39, 0.29) is 28.1 Å². The second-order valence-corrected chi connectivity index (χ2v) is 6.49. The van der Waals surface area contributed by atoms with Gasteiger partial charge in [0.15, 0.2) is 5.75 Å². The van der Waals surface area contributed by atoms with E-state index in [1.807, 2.05) is 20.8 Å². The molecule has 0 aliphatic carbocycles. The van der Waals surface area contributed by atoms with Gasteiger partial charge in [0.1, 0.15) is 12.4 Å². The Morgan fingerprint density at radius 2 is 2.14 bits per heavy atom. The summed E-state index contributed by atoms with van der Waals surface area (Å²) in [6.45, 7) is 10.4. The smallest absolute Gasteiger partial charge is 0.312 e. The molecule has 0 bridgehead atoms. The van der Waals surface area contributed by atoms with E-state index in [9.17, 15) is 14.5 Å². The first-order valence-electron chi connectivity index (χ1n) is 6.28. The lowest BCUT2D eigenvalue weighted by Crippen LogP contribution is -2.37. The minimum atomic E-state index is -0.617. The number of nitro benzene ring substituents is 1. The van der Waals surface area contributed by atoms with E-state index in [4.69, 9.17) is 4.74 Å². The van der Waals surface area contributed by atoms with Crippen LogP contribution in [0.1, 0.15) is 20.8 Å². The van der Waals surface area contributed by atoms with E-state index in [1.165, 1.54) is 0 Å². The highest BCUT2D eigenvalue weighted by molar-refractivity contribution is 9.10. The monoisotopic (exact) mass is 360 g/mol. The van der Waals surface area contributed by atoms with Gasteiger partial charge in [-0.25, -0.2) is 4.39 Å². The molecule has 0 spiro atoms. The lowest BCUT2D eigenvalue weighted by Gasteiger charge is -2.21. The fourth-order valence-electron chi connectivity index (χ4n) is 1.40. The van der Waals surface area contributed by atoms with Crippen molar-refractivity contribution in [3.8, 4) is 5.75 Å². The molecule has 0 radical (unpaired) electrons. The number of rotatable bonds is 6. The number of nitrogens with one attached hydrogen (secondary N) is 1. The average Bonchev–Trinajstić information content (AvgIpc) is 2.36. The van der Waals surface area contributed by atoms with Gasteiger partial charge < -0.3 is 10.1 Å². The molecule has 0 saturated carbocycles. The predicted octanol–water partition coefficient (Wildman–Crippen LogP) is 3.82. The van der Waals surface area contributed by atoms with Crippen LogP contribution in [0.5, 0.6) is 5.75 Å². The van der Waals surface area contributed by atoms with Gasteiger partial charge in [0, 0.05) is 24.2 Å². The number of halogens is 2. The van der Waals surface area contributed by atoms with Crippen molar-refractivity contribution < 1.29 is 14.1 Å².